The highest BCUT2D eigenvalue weighted by Crippen LogP contribution is 2.26. The zero-order valence-corrected chi connectivity index (χ0v) is 11.4. The number of aromatic nitrogens is 1. The van der Waals surface area contributed by atoms with Gasteiger partial charge in [-0.05, 0) is 41.1 Å². The maximum atomic E-state index is 13.9. The maximum absolute atomic E-state index is 13.9. The highest BCUT2D eigenvalue weighted by Gasteiger charge is 2.19. The number of aromatic carboxylic acids is 1. The first kappa shape index (κ1) is 13.5. The van der Waals surface area contributed by atoms with E-state index in [0.717, 1.165) is 4.57 Å². The zero-order valence-electron chi connectivity index (χ0n) is 9.85. The van der Waals surface area contributed by atoms with Gasteiger partial charge in [0.25, 0.3) is 0 Å². The standard InChI is InChI=1S/C13H9BrFNO3/c1-7(17)8-5-11(13(18)19)16(6-8)12-9(14)3-2-4-10(12)15/h2-6H,1H3,(H,18,19). The zero-order chi connectivity index (χ0) is 14.2. The smallest absolute Gasteiger partial charge is 0.352 e. The van der Waals surface area contributed by atoms with Crippen LogP contribution in [0.4, 0.5) is 4.39 Å². The van der Waals surface area contributed by atoms with Gasteiger partial charge in [0, 0.05) is 16.2 Å². The Morgan fingerprint density at radius 1 is 1.37 bits per heavy atom. The molecule has 2 rings (SSSR count). The first-order chi connectivity index (χ1) is 8.91. The van der Waals surface area contributed by atoms with Crippen molar-refractivity contribution >= 4 is 27.7 Å². The van der Waals surface area contributed by atoms with Gasteiger partial charge < -0.3 is 9.67 Å². The fourth-order valence-electron chi connectivity index (χ4n) is 1.72. The number of carboxylic acids is 1. The molecule has 0 unspecified atom stereocenters. The number of hydrogen-bond donors (Lipinski definition) is 1. The van der Waals surface area contributed by atoms with Crippen LogP contribution in [-0.2, 0) is 0 Å². The summed E-state index contributed by atoms with van der Waals surface area (Å²) in [5.41, 5.74) is 0.107. The van der Waals surface area contributed by atoms with Gasteiger partial charge in [-0.15, -0.1) is 0 Å². The van der Waals surface area contributed by atoms with Crippen LogP contribution < -0.4 is 0 Å². The van der Waals surface area contributed by atoms with E-state index in [1.807, 2.05) is 0 Å². The number of ketones is 1. The van der Waals surface area contributed by atoms with Gasteiger partial charge in [-0.25, -0.2) is 9.18 Å². The molecule has 0 saturated carbocycles. The summed E-state index contributed by atoms with van der Waals surface area (Å²) in [4.78, 5) is 22.5. The minimum Gasteiger partial charge on any atom is -0.477 e. The summed E-state index contributed by atoms with van der Waals surface area (Å²) in [5, 5.41) is 9.13. The van der Waals surface area contributed by atoms with Crippen LogP contribution >= 0.6 is 15.9 Å². The highest BCUT2D eigenvalue weighted by molar-refractivity contribution is 9.10. The minimum atomic E-state index is -1.23. The minimum absolute atomic E-state index is 0.0624. The third-order valence-corrected chi connectivity index (χ3v) is 3.26. The van der Waals surface area contributed by atoms with Gasteiger partial charge in [-0.2, -0.15) is 0 Å². The van der Waals surface area contributed by atoms with E-state index < -0.39 is 11.8 Å². The molecule has 1 heterocycles. The van der Waals surface area contributed by atoms with Crippen molar-refractivity contribution in [3.63, 3.8) is 0 Å². The molecule has 1 aromatic carbocycles. The van der Waals surface area contributed by atoms with E-state index in [-0.39, 0.29) is 22.7 Å². The molecule has 2 aromatic rings. The summed E-state index contributed by atoms with van der Waals surface area (Å²) in [5.74, 6) is -2.10. The van der Waals surface area contributed by atoms with Crippen LogP contribution in [0.1, 0.15) is 27.8 Å². The number of carbonyl (C=O) groups is 2. The number of carbonyl (C=O) groups excluding carboxylic acids is 1. The molecule has 0 aliphatic rings. The van der Waals surface area contributed by atoms with E-state index in [4.69, 9.17) is 5.11 Å². The van der Waals surface area contributed by atoms with Crippen molar-refractivity contribution in [1.82, 2.24) is 4.57 Å². The molecule has 6 heteroatoms. The van der Waals surface area contributed by atoms with Crippen molar-refractivity contribution in [3.05, 3.63) is 52.0 Å². The van der Waals surface area contributed by atoms with Gasteiger partial charge in [0.1, 0.15) is 11.5 Å². The van der Waals surface area contributed by atoms with Gasteiger partial charge in [-0.1, -0.05) is 6.07 Å². The summed E-state index contributed by atoms with van der Waals surface area (Å²) in [6.45, 7) is 1.32. The van der Waals surface area contributed by atoms with E-state index in [0.29, 0.717) is 4.47 Å². The summed E-state index contributed by atoms with van der Waals surface area (Å²) in [6.07, 6.45) is 1.31. The normalized spacial score (nSPS) is 10.5. The number of benzene rings is 1. The number of Topliss-reactive ketones (excluding diaryl/α,β-unsaturated/α-hetero) is 1. The van der Waals surface area contributed by atoms with Crippen LogP contribution in [0, 0.1) is 5.82 Å². The Balaban J connectivity index is 2.74. The third kappa shape index (κ3) is 2.44. The molecular weight excluding hydrogens is 317 g/mol. The van der Waals surface area contributed by atoms with Crippen LogP contribution in [0.3, 0.4) is 0 Å². The number of carboxylic acid groups (broad SMARTS) is 1. The molecule has 1 aromatic heterocycles. The van der Waals surface area contributed by atoms with Crippen LogP contribution in [0.2, 0.25) is 0 Å². The average molecular weight is 326 g/mol. The number of rotatable bonds is 3. The second kappa shape index (κ2) is 4.97. The molecule has 0 aliphatic carbocycles. The third-order valence-electron chi connectivity index (χ3n) is 2.62. The van der Waals surface area contributed by atoms with E-state index >= 15 is 0 Å². The lowest BCUT2D eigenvalue weighted by Gasteiger charge is -2.09. The van der Waals surface area contributed by atoms with Gasteiger partial charge in [0.05, 0.1) is 5.69 Å². The Morgan fingerprint density at radius 3 is 2.58 bits per heavy atom. The molecule has 98 valence electrons. The quantitative estimate of drug-likeness (QED) is 0.881. The SMILES string of the molecule is CC(=O)c1cc(C(=O)O)n(-c2c(F)cccc2Br)c1. The van der Waals surface area contributed by atoms with Crippen LogP contribution in [0.5, 0.6) is 0 Å². The summed E-state index contributed by atoms with van der Waals surface area (Å²) in [6, 6.07) is 5.54. The van der Waals surface area contributed by atoms with Crippen molar-refractivity contribution in [2.45, 2.75) is 6.92 Å². The second-order valence-corrected chi connectivity index (χ2v) is 4.77. The molecule has 0 radical (unpaired) electrons. The molecule has 19 heavy (non-hydrogen) atoms. The summed E-state index contributed by atoms with van der Waals surface area (Å²) < 4.78 is 15.4. The predicted molar refractivity (Wildman–Crippen MR) is 70.4 cm³/mol. The number of halogens is 2. The fourth-order valence-corrected chi connectivity index (χ4v) is 2.26. The molecule has 0 saturated heterocycles. The molecule has 0 spiro atoms. The summed E-state index contributed by atoms with van der Waals surface area (Å²) >= 11 is 3.17. The number of para-hydroxylation sites is 1. The molecule has 0 bridgehead atoms. The predicted octanol–water partition coefficient (Wildman–Crippen LogP) is 3.28. The molecule has 1 N–H and O–H groups in total. The highest BCUT2D eigenvalue weighted by atomic mass is 79.9. The van der Waals surface area contributed by atoms with E-state index in [1.54, 1.807) is 6.07 Å². The van der Waals surface area contributed by atoms with E-state index in [1.165, 1.54) is 31.3 Å². The maximum Gasteiger partial charge on any atom is 0.352 e. The molecule has 0 aliphatic heterocycles. The first-order valence-corrected chi connectivity index (χ1v) is 6.12. The number of nitrogens with zero attached hydrogens (tertiary/aromatic N) is 1. The molecular formula is C13H9BrFNO3. The largest absolute Gasteiger partial charge is 0.477 e. The lowest BCUT2D eigenvalue weighted by Crippen LogP contribution is -2.07. The number of hydrogen-bond acceptors (Lipinski definition) is 2. The Bertz CT molecular complexity index is 658. The lowest BCUT2D eigenvalue weighted by molar-refractivity contribution is 0.0688. The Kier molecular flexibility index (Phi) is 3.53. The summed E-state index contributed by atoms with van der Waals surface area (Å²) in [7, 11) is 0. The van der Waals surface area contributed by atoms with E-state index in [9.17, 15) is 14.0 Å². The molecule has 0 fully saturated rings. The molecule has 0 amide bonds. The van der Waals surface area contributed by atoms with Gasteiger partial charge in [0.15, 0.2) is 5.78 Å². The second-order valence-electron chi connectivity index (χ2n) is 3.92. The topological polar surface area (TPSA) is 59.3 Å². The monoisotopic (exact) mass is 325 g/mol. The molecule has 0 atom stereocenters. The van der Waals surface area contributed by atoms with Crippen LogP contribution in [-0.4, -0.2) is 21.4 Å². The van der Waals surface area contributed by atoms with Gasteiger partial charge in [-0.3, -0.25) is 4.79 Å². The molecule has 4 nitrogen and oxygen atoms in total. The Labute approximate surface area is 116 Å². The van der Waals surface area contributed by atoms with Crippen molar-refractivity contribution in [3.8, 4) is 5.69 Å². The van der Waals surface area contributed by atoms with Gasteiger partial charge in [0.2, 0.25) is 0 Å². The first-order valence-electron chi connectivity index (χ1n) is 5.33. The average Bonchev–Trinajstić information content (AvgIpc) is 2.73. The van der Waals surface area contributed by atoms with Gasteiger partial charge >= 0.3 is 5.97 Å². The fraction of sp³-hybridized carbons (Fsp3) is 0.0769. The van der Waals surface area contributed by atoms with Crippen LogP contribution in [0.25, 0.3) is 5.69 Å². The van der Waals surface area contributed by atoms with Crippen molar-refractivity contribution in [2.75, 3.05) is 0 Å². The van der Waals surface area contributed by atoms with Crippen LogP contribution in [0.15, 0.2) is 34.9 Å². The Hall–Kier alpha value is -1.95. The lowest BCUT2D eigenvalue weighted by atomic mass is 10.2. The van der Waals surface area contributed by atoms with Crippen molar-refractivity contribution in [1.29, 1.82) is 0 Å². The van der Waals surface area contributed by atoms with Crippen molar-refractivity contribution in [2.24, 2.45) is 0 Å². The van der Waals surface area contributed by atoms with E-state index in [2.05, 4.69) is 15.9 Å². The van der Waals surface area contributed by atoms with Crippen molar-refractivity contribution < 1.29 is 19.1 Å². The Morgan fingerprint density at radius 2 is 2.05 bits per heavy atom.